The quantitative estimate of drug-likeness (QED) is 0.936. The van der Waals surface area contributed by atoms with E-state index in [-0.39, 0.29) is 5.41 Å². The van der Waals surface area contributed by atoms with Crippen molar-refractivity contribution in [2.75, 3.05) is 0 Å². The van der Waals surface area contributed by atoms with Crippen molar-refractivity contribution in [3.8, 4) is 0 Å². The van der Waals surface area contributed by atoms with Crippen LogP contribution in [0, 0.1) is 0 Å². The molecule has 2 aromatic heterocycles. The number of aliphatic hydroxyl groups excluding tert-OH is 1. The van der Waals surface area contributed by atoms with Crippen molar-refractivity contribution < 1.29 is 5.11 Å². The molecule has 0 fully saturated rings. The number of aliphatic hydroxyl groups is 1. The number of aromatic nitrogens is 3. The average molecular weight is 279 g/mol. The smallest absolute Gasteiger partial charge is 0.102 e. The van der Waals surface area contributed by atoms with Crippen LogP contribution in [-0.2, 0) is 18.4 Å². The lowest BCUT2D eigenvalue weighted by molar-refractivity contribution is 0.168. The van der Waals surface area contributed by atoms with Crippen molar-refractivity contribution in [2.45, 2.75) is 52.2 Å². The molecule has 1 unspecified atom stereocenters. The second kappa shape index (κ2) is 5.43. The zero-order valence-electron chi connectivity index (χ0n) is 11.9. The van der Waals surface area contributed by atoms with Crippen LogP contribution in [0.2, 0.25) is 0 Å². The summed E-state index contributed by atoms with van der Waals surface area (Å²) >= 11 is 1.61. The molecule has 0 saturated carbocycles. The van der Waals surface area contributed by atoms with Crippen LogP contribution in [0.25, 0.3) is 0 Å². The summed E-state index contributed by atoms with van der Waals surface area (Å²) in [5.74, 6) is 0. The highest BCUT2D eigenvalue weighted by atomic mass is 32.1. The van der Waals surface area contributed by atoms with Crippen LogP contribution < -0.4 is 0 Å². The minimum atomic E-state index is -0.540. The summed E-state index contributed by atoms with van der Waals surface area (Å²) in [7, 11) is 0. The molecule has 2 rings (SSSR count). The van der Waals surface area contributed by atoms with E-state index < -0.39 is 6.10 Å². The van der Waals surface area contributed by atoms with Gasteiger partial charge in [-0.05, 0) is 6.92 Å². The van der Waals surface area contributed by atoms with E-state index in [1.807, 2.05) is 11.5 Å². The van der Waals surface area contributed by atoms with Gasteiger partial charge in [0.15, 0.2) is 0 Å². The molecule has 0 aliphatic heterocycles. The van der Waals surface area contributed by atoms with Gasteiger partial charge in [0.05, 0.1) is 28.9 Å². The molecular weight excluding hydrogens is 258 g/mol. The van der Waals surface area contributed by atoms with Gasteiger partial charge in [-0.15, -0.1) is 11.3 Å². The molecule has 2 heterocycles. The number of thiazole rings is 1. The Hall–Kier alpha value is -1.20. The van der Waals surface area contributed by atoms with E-state index in [0.29, 0.717) is 6.42 Å². The van der Waals surface area contributed by atoms with Gasteiger partial charge in [-0.2, -0.15) is 0 Å². The minimum absolute atomic E-state index is 0.0604. The molecule has 5 heteroatoms. The van der Waals surface area contributed by atoms with Crippen molar-refractivity contribution in [3.63, 3.8) is 0 Å². The van der Waals surface area contributed by atoms with Gasteiger partial charge in [-0.1, -0.05) is 20.8 Å². The van der Waals surface area contributed by atoms with E-state index in [9.17, 15) is 5.11 Å². The maximum Gasteiger partial charge on any atom is 0.102 e. The maximum absolute atomic E-state index is 10.3. The number of nitrogens with zero attached hydrogens (tertiary/aromatic N) is 3. The normalized spacial score (nSPS) is 13.7. The number of aryl methyl sites for hydroxylation is 1. The van der Waals surface area contributed by atoms with E-state index in [1.54, 1.807) is 23.9 Å². The first-order valence-corrected chi connectivity index (χ1v) is 7.42. The molecule has 1 atom stereocenters. The molecule has 0 aliphatic rings. The first-order chi connectivity index (χ1) is 8.91. The lowest BCUT2D eigenvalue weighted by Gasteiger charge is -2.14. The first kappa shape index (κ1) is 14.2. The van der Waals surface area contributed by atoms with Gasteiger partial charge in [-0.25, -0.2) is 9.97 Å². The largest absolute Gasteiger partial charge is 0.386 e. The fourth-order valence-corrected chi connectivity index (χ4v) is 2.95. The molecule has 0 aromatic carbocycles. The van der Waals surface area contributed by atoms with Crippen LogP contribution >= 0.6 is 11.3 Å². The van der Waals surface area contributed by atoms with E-state index >= 15 is 0 Å². The third-order valence-corrected chi connectivity index (χ3v) is 3.99. The highest BCUT2D eigenvalue weighted by molar-refractivity contribution is 7.09. The summed E-state index contributed by atoms with van der Waals surface area (Å²) in [5, 5.41) is 13.3. The van der Waals surface area contributed by atoms with Gasteiger partial charge < -0.3 is 9.67 Å². The fourth-order valence-electron chi connectivity index (χ4n) is 1.89. The Bertz CT molecular complexity index is 539. The Morgan fingerprint density at radius 3 is 2.74 bits per heavy atom. The third kappa shape index (κ3) is 3.22. The van der Waals surface area contributed by atoms with Crippen molar-refractivity contribution in [2.24, 2.45) is 0 Å². The molecule has 0 aliphatic carbocycles. The molecule has 0 amide bonds. The van der Waals surface area contributed by atoms with Gasteiger partial charge in [0.25, 0.3) is 0 Å². The number of rotatable bonds is 4. The lowest BCUT2D eigenvalue weighted by Crippen LogP contribution is -2.12. The van der Waals surface area contributed by atoms with Crippen LogP contribution in [0.5, 0.6) is 0 Å². The lowest BCUT2D eigenvalue weighted by atomic mass is 9.93. The third-order valence-electron chi connectivity index (χ3n) is 3.11. The zero-order valence-corrected chi connectivity index (χ0v) is 12.7. The van der Waals surface area contributed by atoms with Gasteiger partial charge in [0.2, 0.25) is 0 Å². The van der Waals surface area contributed by atoms with Crippen LogP contribution in [0.1, 0.15) is 50.2 Å². The van der Waals surface area contributed by atoms with Crippen molar-refractivity contribution in [1.29, 1.82) is 0 Å². The average Bonchev–Trinajstić information content (AvgIpc) is 2.95. The Morgan fingerprint density at radius 1 is 1.42 bits per heavy atom. The molecule has 0 bridgehead atoms. The fraction of sp³-hybridized carbons (Fsp3) is 0.571. The molecule has 0 saturated heterocycles. The molecule has 1 N–H and O–H groups in total. The minimum Gasteiger partial charge on any atom is -0.386 e. The molecule has 0 spiro atoms. The number of imidazole rings is 1. The first-order valence-electron chi connectivity index (χ1n) is 6.54. The maximum atomic E-state index is 10.3. The molecular formula is C14H21N3OS. The highest BCUT2D eigenvalue weighted by Crippen LogP contribution is 2.26. The van der Waals surface area contributed by atoms with Gasteiger partial charge in [0, 0.05) is 23.8 Å². The monoisotopic (exact) mass is 279 g/mol. The van der Waals surface area contributed by atoms with Crippen molar-refractivity contribution in [1.82, 2.24) is 14.5 Å². The van der Waals surface area contributed by atoms with Crippen molar-refractivity contribution in [3.05, 3.63) is 34.3 Å². The summed E-state index contributed by atoms with van der Waals surface area (Å²) < 4.78 is 1.96. The van der Waals surface area contributed by atoms with E-state index in [1.165, 1.54) is 0 Å². The van der Waals surface area contributed by atoms with Gasteiger partial charge in [0.1, 0.15) is 6.10 Å². The SMILES string of the molecule is CCn1cncc1C(O)Cc1nc(C(C)(C)C)cs1. The topological polar surface area (TPSA) is 50.9 Å². The second-order valence-electron chi connectivity index (χ2n) is 5.70. The molecule has 4 nitrogen and oxygen atoms in total. The summed E-state index contributed by atoms with van der Waals surface area (Å²) in [6.07, 6.45) is 3.49. The summed E-state index contributed by atoms with van der Waals surface area (Å²) in [6, 6.07) is 0. The standard InChI is InChI=1S/C14H21N3OS/c1-5-17-9-15-7-10(17)11(18)6-13-16-12(8-19-13)14(2,3)4/h7-9,11,18H,5-6H2,1-4H3. The zero-order chi connectivity index (χ0) is 14.0. The molecule has 0 radical (unpaired) electrons. The molecule has 19 heavy (non-hydrogen) atoms. The van der Waals surface area contributed by atoms with Crippen LogP contribution in [0.15, 0.2) is 17.9 Å². The summed E-state index contributed by atoms with van der Waals surface area (Å²) in [4.78, 5) is 8.70. The number of hydrogen-bond donors (Lipinski definition) is 1. The van der Waals surface area contributed by atoms with E-state index in [0.717, 1.165) is 22.9 Å². The Balaban J connectivity index is 2.11. The Labute approximate surface area is 118 Å². The van der Waals surface area contributed by atoms with Crippen molar-refractivity contribution >= 4 is 11.3 Å². The van der Waals surface area contributed by atoms with Gasteiger partial charge in [-0.3, -0.25) is 0 Å². The molecule has 104 valence electrons. The number of hydrogen-bond acceptors (Lipinski definition) is 4. The Morgan fingerprint density at radius 2 is 2.16 bits per heavy atom. The Kier molecular flexibility index (Phi) is 4.06. The van der Waals surface area contributed by atoms with E-state index in [4.69, 9.17) is 0 Å². The van der Waals surface area contributed by atoms with Crippen LogP contribution in [0.3, 0.4) is 0 Å². The predicted octanol–water partition coefficient (Wildman–Crippen LogP) is 2.93. The second-order valence-corrected chi connectivity index (χ2v) is 6.64. The molecule has 2 aromatic rings. The van der Waals surface area contributed by atoms with E-state index in [2.05, 4.69) is 36.1 Å². The highest BCUT2D eigenvalue weighted by Gasteiger charge is 2.20. The predicted molar refractivity (Wildman–Crippen MR) is 77.4 cm³/mol. The summed E-state index contributed by atoms with van der Waals surface area (Å²) in [5.41, 5.74) is 2.00. The van der Waals surface area contributed by atoms with Crippen LogP contribution in [-0.4, -0.2) is 19.6 Å². The summed E-state index contributed by atoms with van der Waals surface area (Å²) in [6.45, 7) is 9.30. The van der Waals surface area contributed by atoms with Gasteiger partial charge >= 0.3 is 0 Å². The van der Waals surface area contributed by atoms with Crippen LogP contribution in [0.4, 0.5) is 0 Å².